The quantitative estimate of drug-likeness (QED) is 0.308. The first kappa shape index (κ1) is 16.4. The summed E-state index contributed by atoms with van der Waals surface area (Å²) in [5.74, 6) is 0. The SMILES string of the molecule is c1cc2c3c(c1)-n1c4ccccc4n4c5ccccc5c(c14)B3c1cccc3cccc-2c13. The first-order chi connectivity index (χ1) is 16.4. The second kappa shape index (κ2) is 5.39. The van der Waals surface area contributed by atoms with Gasteiger partial charge >= 0.3 is 0 Å². The first-order valence-electron chi connectivity index (χ1n) is 11.6. The summed E-state index contributed by atoms with van der Waals surface area (Å²) in [7, 11) is 0. The van der Waals surface area contributed by atoms with Gasteiger partial charge in [-0.1, -0.05) is 84.3 Å². The number of aromatic nitrogens is 2. The maximum absolute atomic E-state index is 2.51. The molecule has 0 atom stereocenters. The molecule has 0 saturated heterocycles. The van der Waals surface area contributed by atoms with Crippen molar-refractivity contribution < 1.29 is 0 Å². The summed E-state index contributed by atoms with van der Waals surface area (Å²) in [6.07, 6.45) is 0. The lowest BCUT2D eigenvalue weighted by Gasteiger charge is -2.32. The molecule has 0 unspecified atom stereocenters. The van der Waals surface area contributed by atoms with E-state index in [-0.39, 0.29) is 6.71 Å². The standard InChI is InChI=1S/C30H17BN2/c1-2-14-23-21(10-1)29-30-32(23)24-15-3-4-16-25(24)33(30)26-17-7-12-20-19-11-5-8-18-9-6-13-22(27(18)19)31(29)28(20)26/h1-17H. The van der Waals surface area contributed by atoms with Gasteiger partial charge in [-0.05, 0) is 62.5 Å². The minimum atomic E-state index is 0.224. The topological polar surface area (TPSA) is 9.34 Å². The highest BCUT2D eigenvalue weighted by Gasteiger charge is 2.41. The zero-order chi connectivity index (χ0) is 21.3. The highest BCUT2D eigenvalue weighted by molar-refractivity contribution is 7.02. The molecule has 0 N–H and O–H groups in total. The molecule has 0 radical (unpaired) electrons. The van der Waals surface area contributed by atoms with Gasteiger partial charge in [-0.2, -0.15) is 0 Å². The van der Waals surface area contributed by atoms with E-state index in [1.54, 1.807) is 0 Å². The Morgan fingerprint density at radius 2 is 1.27 bits per heavy atom. The highest BCUT2D eigenvalue weighted by Crippen LogP contribution is 2.38. The molecule has 4 heterocycles. The van der Waals surface area contributed by atoms with E-state index in [0.29, 0.717) is 0 Å². The highest BCUT2D eigenvalue weighted by atomic mass is 15.1. The van der Waals surface area contributed by atoms with Crippen molar-refractivity contribution in [1.29, 1.82) is 0 Å². The van der Waals surface area contributed by atoms with Gasteiger partial charge in [0.1, 0.15) is 5.65 Å². The summed E-state index contributed by atoms with van der Waals surface area (Å²) in [6, 6.07) is 38.2. The molecular weight excluding hydrogens is 399 g/mol. The van der Waals surface area contributed by atoms with E-state index in [4.69, 9.17) is 0 Å². The second-order valence-corrected chi connectivity index (χ2v) is 9.34. The average Bonchev–Trinajstić information content (AvgIpc) is 3.39. The van der Waals surface area contributed by atoms with Crippen molar-refractivity contribution in [3.63, 3.8) is 0 Å². The Hall–Kier alpha value is -4.24. The number of benzene rings is 5. The molecule has 2 aromatic heterocycles. The van der Waals surface area contributed by atoms with E-state index in [1.807, 2.05) is 0 Å². The summed E-state index contributed by atoms with van der Waals surface area (Å²) in [5, 5.41) is 4.09. The fraction of sp³-hybridized carbons (Fsp3) is 0. The van der Waals surface area contributed by atoms with Crippen molar-refractivity contribution in [2.75, 3.05) is 0 Å². The van der Waals surface area contributed by atoms with Gasteiger partial charge in [0.15, 0.2) is 0 Å². The number of nitrogens with zero attached hydrogens (tertiary/aromatic N) is 2. The summed E-state index contributed by atoms with van der Waals surface area (Å²) < 4.78 is 4.99. The fourth-order valence-corrected chi connectivity index (χ4v) is 6.78. The summed E-state index contributed by atoms with van der Waals surface area (Å²) in [4.78, 5) is 0. The predicted molar refractivity (Wildman–Crippen MR) is 139 cm³/mol. The lowest BCUT2D eigenvalue weighted by molar-refractivity contribution is 1.16. The van der Waals surface area contributed by atoms with Crippen molar-refractivity contribution in [3.8, 4) is 16.8 Å². The molecule has 0 amide bonds. The number of imidazole rings is 1. The minimum absolute atomic E-state index is 0.224. The van der Waals surface area contributed by atoms with Gasteiger partial charge in [0.25, 0.3) is 6.71 Å². The van der Waals surface area contributed by atoms with Crippen LogP contribution in [0.2, 0.25) is 0 Å². The maximum atomic E-state index is 2.51. The van der Waals surface area contributed by atoms with E-state index < -0.39 is 0 Å². The van der Waals surface area contributed by atoms with Crippen LogP contribution in [-0.2, 0) is 0 Å². The Morgan fingerprint density at radius 1 is 0.545 bits per heavy atom. The lowest BCUT2D eigenvalue weighted by atomic mass is 9.32. The third kappa shape index (κ3) is 1.71. The van der Waals surface area contributed by atoms with Gasteiger partial charge in [0.2, 0.25) is 0 Å². The summed E-state index contributed by atoms with van der Waals surface area (Å²) in [6.45, 7) is 0.224. The first-order valence-corrected chi connectivity index (χ1v) is 11.6. The van der Waals surface area contributed by atoms with Crippen LogP contribution >= 0.6 is 0 Å². The Kier molecular flexibility index (Phi) is 2.68. The van der Waals surface area contributed by atoms with Crippen molar-refractivity contribution in [1.82, 2.24) is 8.97 Å². The number of rotatable bonds is 0. The molecule has 5 aromatic carbocycles. The summed E-state index contributed by atoms with van der Waals surface area (Å²) >= 11 is 0. The zero-order valence-electron chi connectivity index (χ0n) is 17.8. The van der Waals surface area contributed by atoms with Crippen molar-refractivity contribution in [2.24, 2.45) is 0 Å². The number of hydrogen-bond acceptors (Lipinski definition) is 0. The van der Waals surface area contributed by atoms with Gasteiger partial charge in [0.05, 0.1) is 16.6 Å². The zero-order valence-corrected chi connectivity index (χ0v) is 17.8. The number of fused-ring (bicyclic) bond motifs is 10. The molecule has 0 bridgehead atoms. The van der Waals surface area contributed by atoms with Crippen LogP contribution in [0.5, 0.6) is 0 Å². The fourth-order valence-electron chi connectivity index (χ4n) is 6.78. The monoisotopic (exact) mass is 416 g/mol. The van der Waals surface area contributed by atoms with Gasteiger partial charge < -0.3 is 0 Å². The Labute approximate surface area is 190 Å². The minimum Gasteiger partial charge on any atom is -0.295 e. The lowest BCUT2D eigenvalue weighted by Crippen LogP contribution is -2.58. The van der Waals surface area contributed by atoms with Crippen LogP contribution in [0.15, 0.2) is 103 Å². The van der Waals surface area contributed by atoms with Crippen LogP contribution < -0.4 is 16.4 Å². The van der Waals surface area contributed by atoms with E-state index >= 15 is 0 Å². The molecule has 0 fully saturated rings. The van der Waals surface area contributed by atoms with Gasteiger partial charge in [0, 0.05) is 5.69 Å². The van der Waals surface area contributed by atoms with Gasteiger partial charge in [-0.3, -0.25) is 8.97 Å². The predicted octanol–water partition coefficient (Wildman–Crippen LogP) is 5.00. The van der Waals surface area contributed by atoms with E-state index in [9.17, 15) is 0 Å². The largest absolute Gasteiger partial charge is 0.295 e. The van der Waals surface area contributed by atoms with Crippen LogP contribution in [0.3, 0.4) is 0 Å². The van der Waals surface area contributed by atoms with Crippen LogP contribution in [0.1, 0.15) is 0 Å². The molecular formula is C30H17BN2. The Bertz CT molecular complexity index is 1980. The normalized spacial score (nSPS) is 13.4. The molecule has 33 heavy (non-hydrogen) atoms. The van der Waals surface area contributed by atoms with Gasteiger partial charge in [-0.15, -0.1) is 0 Å². The van der Waals surface area contributed by atoms with Crippen LogP contribution in [-0.4, -0.2) is 15.7 Å². The summed E-state index contributed by atoms with van der Waals surface area (Å²) in [5.41, 5.74) is 13.5. The van der Waals surface area contributed by atoms with Crippen LogP contribution in [0, 0.1) is 0 Å². The molecule has 2 aliphatic heterocycles. The van der Waals surface area contributed by atoms with E-state index in [1.165, 1.54) is 71.6 Å². The molecule has 0 saturated carbocycles. The molecule has 7 aromatic rings. The van der Waals surface area contributed by atoms with Crippen LogP contribution in [0.4, 0.5) is 0 Å². The molecule has 2 aliphatic rings. The molecule has 0 spiro atoms. The smallest absolute Gasteiger partial charge is 0.251 e. The van der Waals surface area contributed by atoms with Crippen molar-refractivity contribution in [2.45, 2.75) is 0 Å². The van der Waals surface area contributed by atoms with Crippen LogP contribution in [0.25, 0.3) is 55.2 Å². The molecule has 2 nitrogen and oxygen atoms in total. The van der Waals surface area contributed by atoms with Crippen molar-refractivity contribution in [3.05, 3.63) is 103 Å². The third-order valence-corrected chi connectivity index (χ3v) is 7.90. The third-order valence-electron chi connectivity index (χ3n) is 7.90. The average molecular weight is 416 g/mol. The molecule has 0 aliphatic carbocycles. The van der Waals surface area contributed by atoms with Crippen molar-refractivity contribution >= 4 is 61.5 Å². The molecule has 3 heteroatoms. The van der Waals surface area contributed by atoms with E-state index in [2.05, 4.69) is 112 Å². The number of hydrogen-bond donors (Lipinski definition) is 0. The number of para-hydroxylation sites is 3. The second-order valence-electron chi connectivity index (χ2n) is 9.34. The van der Waals surface area contributed by atoms with E-state index in [0.717, 1.165) is 0 Å². The Balaban J connectivity index is 1.63. The molecule has 9 rings (SSSR count). The van der Waals surface area contributed by atoms with Gasteiger partial charge in [-0.25, -0.2) is 0 Å². The maximum Gasteiger partial charge on any atom is 0.251 e. The molecule has 150 valence electrons. The Morgan fingerprint density at radius 3 is 2.18 bits per heavy atom.